The van der Waals surface area contributed by atoms with Crippen LogP contribution in [0.1, 0.15) is 26.7 Å². The van der Waals surface area contributed by atoms with Gasteiger partial charge in [0.15, 0.2) is 0 Å². The van der Waals surface area contributed by atoms with Gasteiger partial charge in [0.05, 0.1) is 0 Å². The third-order valence-electron chi connectivity index (χ3n) is 3.39. The number of piperidine rings is 1. The normalized spacial score (nSPS) is 36.2. The van der Waals surface area contributed by atoms with Gasteiger partial charge in [-0.25, -0.2) is 0 Å². The van der Waals surface area contributed by atoms with Crippen LogP contribution in [0.4, 0.5) is 0 Å². The molecule has 1 atom stereocenters. The van der Waals surface area contributed by atoms with Gasteiger partial charge in [-0.1, -0.05) is 0 Å². The molecule has 76 valence electrons. The van der Waals surface area contributed by atoms with Crippen molar-refractivity contribution in [2.75, 3.05) is 26.3 Å². The number of hydrogen-bond acceptors (Lipinski definition) is 3. The number of nitrogens with one attached hydrogen (secondary N) is 2. The first-order valence-corrected chi connectivity index (χ1v) is 5.42. The molecule has 0 amide bonds. The van der Waals surface area contributed by atoms with Gasteiger partial charge in [-0.05, 0) is 33.2 Å². The van der Waals surface area contributed by atoms with E-state index in [1.165, 1.54) is 25.9 Å². The molecular weight excluding hydrogens is 162 g/mol. The van der Waals surface area contributed by atoms with Crippen molar-refractivity contribution in [3.05, 3.63) is 0 Å². The fourth-order valence-electron chi connectivity index (χ4n) is 2.51. The summed E-state index contributed by atoms with van der Waals surface area (Å²) in [7, 11) is 0. The summed E-state index contributed by atoms with van der Waals surface area (Å²) < 4.78 is 0. The van der Waals surface area contributed by atoms with E-state index in [4.69, 9.17) is 0 Å². The maximum absolute atomic E-state index is 3.60. The minimum absolute atomic E-state index is 0.391. The molecule has 2 fully saturated rings. The first-order chi connectivity index (χ1) is 6.22. The van der Waals surface area contributed by atoms with Crippen LogP contribution in [0.25, 0.3) is 0 Å². The Hall–Kier alpha value is -0.120. The van der Waals surface area contributed by atoms with Crippen LogP contribution in [-0.4, -0.2) is 42.8 Å². The zero-order valence-corrected chi connectivity index (χ0v) is 8.77. The summed E-state index contributed by atoms with van der Waals surface area (Å²) in [5.41, 5.74) is 0.391. The predicted molar refractivity (Wildman–Crippen MR) is 54.7 cm³/mol. The molecule has 1 spiro atoms. The highest BCUT2D eigenvalue weighted by molar-refractivity contribution is 4.99. The summed E-state index contributed by atoms with van der Waals surface area (Å²) in [6.07, 6.45) is 2.68. The Bertz CT molecular complexity index is 173. The van der Waals surface area contributed by atoms with Gasteiger partial charge in [0.1, 0.15) is 0 Å². The van der Waals surface area contributed by atoms with Crippen molar-refractivity contribution in [3.63, 3.8) is 0 Å². The standard InChI is InChI=1S/C10H21N3/c1-9(2)13-5-3-4-10(7-13)6-11-8-12-10/h9,11-12H,3-8H2,1-2H3. The van der Waals surface area contributed by atoms with Crippen LogP contribution in [0.3, 0.4) is 0 Å². The molecule has 3 nitrogen and oxygen atoms in total. The van der Waals surface area contributed by atoms with E-state index in [-0.39, 0.29) is 0 Å². The lowest BCUT2D eigenvalue weighted by atomic mass is 9.89. The average molecular weight is 183 g/mol. The second-order valence-corrected chi connectivity index (χ2v) is 4.73. The van der Waals surface area contributed by atoms with E-state index in [0.717, 1.165) is 13.2 Å². The maximum atomic E-state index is 3.60. The van der Waals surface area contributed by atoms with Gasteiger partial charge >= 0.3 is 0 Å². The Labute approximate surface area is 80.9 Å². The largest absolute Gasteiger partial charge is 0.303 e. The number of rotatable bonds is 1. The van der Waals surface area contributed by atoms with Crippen molar-refractivity contribution < 1.29 is 0 Å². The minimum Gasteiger partial charge on any atom is -0.303 e. The molecular formula is C10H21N3. The Balaban J connectivity index is 1.98. The fraction of sp³-hybridized carbons (Fsp3) is 1.00. The summed E-state index contributed by atoms with van der Waals surface area (Å²) >= 11 is 0. The molecule has 1 unspecified atom stereocenters. The van der Waals surface area contributed by atoms with Crippen LogP contribution in [-0.2, 0) is 0 Å². The van der Waals surface area contributed by atoms with Crippen LogP contribution in [0, 0.1) is 0 Å². The van der Waals surface area contributed by atoms with Crippen molar-refractivity contribution in [1.29, 1.82) is 0 Å². The van der Waals surface area contributed by atoms with Crippen molar-refractivity contribution in [2.24, 2.45) is 0 Å². The fourth-order valence-corrected chi connectivity index (χ4v) is 2.51. The van der Waals surface area contributed by atoms with Gasteiger partial charge < -0.3 is 5.32 Å². The van der Waals surface area contributed by atoms with E-state index in [1.807, 2.05) is 0 Å². The Kier molecular flexibility index (Phi) is 2.58. The summed E-state index contributed by atoms with van der Waals surface area (Å²) in [6, 6.07) is 0.694. The van der Waals surface area contributed by atoms with Crippen molar-refractivity contribution in [2.45, 2.75) is 38.3 Å². The van der Waals surface area contributed by atoms with Crippen LogP contribution in [0.15, 0.2) is 0 Å². The lowest BCUT2D eigenvalue weighted by Gasteiger charge is -2.42. The van der Waals surface area contributed by atoms with Crippen molar-refractivity contribution in [1.82, 2.24) is 15.5 Å². The third-order valence-corrected chi connectivity index (χ3v) is 3.39. The zero-order chi connectivity index (χ0) is 9.31. The molecule has 0 aromatic carbocycles. The molecule has 0 radical (unpaired) electrons. The first-order valence-electron chi connectivity index (χ1n) is 5.42. The van der Waals surface area contributed by atoms with E-state index >= 15 is 0 Å². The molecule has 0 bridgehead atoms. The van der Waals surface area contributed by atoms with E-state index < -0.39 is 0 Å². The summed E-state index contributed by atoms with van der Waals surface area (Å²) in [5, 5.41) is 7.01. The van der Waals surface area contributed by atoms with E-state index in [9.17, 15) is 0 Å². The van der Waals surface area contributed by atoms with Crippen molar-refractivity contribution >= 4 is 0 Å². The van der Waals surface area contributed by atoms with Gasteiger partial charge in [0.2, 0.25) is 0 Å². The van der Waals surface area contributed by atoms with Crippen LogP contribution in [0.2, 0.25) is 0 Å². The Morgan fingerprint density at radius 2 is 2.23 bits per heavy atom. The van der Waals surface area contributed by atoms with Gasteiger partial charge in [0.25, 0.3) is 0 Å². The topological polar surface area (TPSA) is 27.3 Å². The summed E-state index contributed by atoms with van der Waals surface area (Å²) in [5.74, 6) is 0. The summed E-state index contributed by atoms with van der Waals surface area (Å²) in [4.78, 5) is 2.59. The molecule has 0 aromatic rings. The Morgan fingerprint density at radius 3 is 2.85 bits per heavy atom. The first kappa shape index (κ1) is 9.44. The van der Waals surface area contributed by atoms with Gasteiger partial charge in [-0.15, -0.1) is 0 Å². The highest BCUT2D eigenvalue weighted by Crippen LogP contribution is 2.23. The molecule has 0 aromatic heterocycles. The molecule has 0 saturated carbocycles. The zero-order valence-electron chi connectivity index (χ0n) is 8.77. The third kappa shape index (κ3) is 1.87. The second-order valence-electron chi connectivity index (χ2n) is 4.73. The minimum atomic E-state index is 0.391. The predicted octanol–water partition coefficient (Wildman–Crippen LogP) is 0.380. The molecule has 2 N–H and O–H groups in total. The maximum Gasteiger partial charge on any atom is 0.0460 e. The van der Waals surface area contributed by atoms with Crippen molar-refractivity contribution in [3.8, 4) is 0 Å². The van der Waals surface area contributed by atoms with E-state index in [2.05, 4.69) is 29.4 Å². The number of nitrogens with zero attached hydrogens (tertiary/aromatic N) is 1. The highest BCUT2D eigenvalue weighted by atomic mass is 15.3. The lowest BCUT2D eigenvalue weighted by Crippen LogP contribution is -2.57. The molecule has 2 heterocycles. The van der Waals surface area contributed by atoms with Gasteiger partial charge in [-0.3, -0.25) is 10.2 Å². The summed E-state index contributed by atoms with van der Waals surface area (Å²) in [6.45, 7) is 9.23. The molecule has 2 aliphatic rings. The molecule has 0 aliphatic carbocycles. The molecule has 2 aliphatic heterocycles. The van der Waals surface area contributed by atoms with Crippen LogP contribution >= 0.6 is 0 Å². The van der Waals surface area contributed by atoms with E-state index in [1.54, 1.807) is 0 Å². The lowest BCUT2D eigenvalue weighted by molar-refractivity contribution is 0.114. The monoisotopic (exact) mass is 183 g/mol. The quantitative estimate of drug-likeness (QED) is 0.615. The SMILES string of the molecule is CC(C)N1CCCC2(CNCN2)C1. The van der Waals surface area contributed by atoms with Gasteiger partial charge in [0, 0.05) is 31.3 Å². The average Bonchev–Trinajstić information content (AvgIpc) is 2.53. The molecule has 3 heteroatoms. The molecule has 2 rings (SSSR count). The Morgan fingerprint density at radius 1 is 1.38 bits per heavy atom. The highest BCUT2D eigenvalue weighted by Gasteiger charge is 2.37. The molecule has 2 saturated heterocycles. The molecule has 13 heavy (non-hydrogen) atoms. The number of hydrogen-bond donors (Lipinski definition) is 2. The van der Waals surface area contributed by atoms with E-state index in [0.29, 0.717) is 11.6 Å². The second kappa shape index (κ2) is 3.56. The number of likely N-dealkylation sites (tertiary alicyclic amines) is 1. The van der Waals surface area contributed by atoms with Crippen LogP contribution < -0.4 is 10.6 Å². The van der Waals surface area contributed by atoms with Crippen LogP contribution in [0.5, 0.6) is 0 Å². The van der Waals surface area contributed by atoms with Gasteiger partial charge in [-0.2, -0.15) is 0 Å². The smallest absolute Gasteiger partial charge is 0.0460 e.